The molecule has 136 valence electrons. The van der Waals surface area contributed by atoms with Gasteiger partial charge in [-0.15, -0.1) is 35.3 Å². The minimum absolute atomic E-state index is 0. The molecule has 4 nitrogen and oxygen atoms in total. The van der Waals surface area contributed by atoms with Crippen LogP contribution in [0.4, 0.5) is 0 Å². The number of thioether (sulfide) groups is 1. The quantitative estimate of drug-likeness (QED) is 0.395. The van der Waals surface area contributed by atoms with Gasteiger partial charge in [-0.25, -0.2) is 4.98 Å². The van der Waals surface area contributed by atoms with Gasteiger partial charge in [0, 0.05) is 42.1 Å². The molecule has 7 heteroatoms. The highest BCUT2D eigenvalue weighted by molar-refractivity contribution is 14.0. The molecule has 0 bridgehead atoms. The fourth-order valence-electron chi connectivity index (χ4n) is 2.78. The van der Waals surface area contributed by atoms with Gasteiger partial charge in [-0.1, -0.05) is 37.3 Å². The number of benzene rings is 1. The summed E-state index contributed by atoms with van der Waals surface area (Å²) in [6, 6.07) is 10.3. The predicted octanol–water partition coefficient (Wildman–Crippen LogP) is 4.33. The average Bonchev–Trinajstić information content (AvgIpc) is 3.12. The van der Waals surface area contributed by atoms with E-state index >= 15 is 0 Å². The van der Waals surface area contributed by atoms with Gasteiger partial charge in [0.2, 0.25) is 0 Å². The molecule has 0 aliphatic carbocycles. The Morgan fingerprint density at radius 2 is 2.16 bits per heavy atom. The van der Waals surface area contributed by atoms with E-state index in [0.29, 0.717) is 5.25 Å². The average molecular weight is 488 g/mol. The zero-order chi connectivity index (χ0) is 16.8. The van der Waals surface area contributed by atoms with Gasteiger partial charge < -0.3 is 10.2 Å². The topological polar surface area (TPSA) is 40.5 Å². The van der Waals surface area contributed by atoms with E-state index in [1.165, 1.54) is 17.7 Å². The Labute approximate surface area is 175 Å². The Bertz CT molecular complexity index is 675. The maximum atomic E-state index is 4.74. The molecule has 1 aromatic carbocycles. The Morgan fingerprint density at radius 1 is 1.36 bits per heavy atom. The molecular formula is C18H25IN4S2. The molecule has 1 N–H and O–H groups in total. The highest BCUT2D eigenvalue weighted by atomic mass is 127. The lowest BCUT2D eigenvalue weighted by Gasteiger charge is -2.34. The van der Waals surface area contributed by atoms with Gasteiger partial charge in [0.05, 0.1) is 12.2 Å². The summed E-state index contributed by atoms with van der Waals surface area (Å²) in [5.41, 5.74) is 2.22. The van der Waals surface area contributed by atoms with Gasteiger partial charge in [0.1, 0.15) is 5.01 Å². The highest BCUT2D eigenvalue weighted by Crippen LogP contribution is 2.22. The fraction of sp³-hybridized carbons (Fsp3) is 0.444. The lowest BCUT2D eigenvalue weighted by Crippen LogP contribution is -2.47. The zero-order valence-corrected chi connectivity index (χ0v) is 18.6. The molecule has 1 fully saturated rings. The first-order valence-corrected chi connectivity index (χ1v) is 10.3. The summed E-state index contributed by atoms with van der Waals surface area (Å²) >= 11 is 3.77. The van der Waals surface area contributed by atoms with Gasteiger partial charge in [-0.2, -0.15) is 11.8 Å². The van der Waals surface area contributed by atoms with Crippen LogP contribution in [0.2, 0.25) is 0 Å². The van der Waals surface area contributed by atoms with Crippen molar-refractivity contribution in [2.45, 2.75) is 25.1 Å². The molecule has 2 heterocycles. The molecule has 0 saturated carbocycles. The van der Waals surface area contributed by atoms with Crippen LogP contribution in [0.3, 0.4) is 0 Å². The molecule has 1 saturated heterocycles. The summed E-state index contributed by atoms with van der Waals surface area (Å²) < 4.78 is 0. The summed E-state index contributed by atoms with van der Waals surface area (Å²) in [6.07, 6.45) is 1.21. The predicted molar refractivity (Wildman–Crippen MR) is 121 cm³/mol. The van der Waals surface area contributed by atoms with E-state index in [1.807, 2.05) is 25.2 Å². The van der Waals surface area contributed by atoms with E-state index in [4.69, 9.17) is 4.98 Å². The van der Waals surface area contributed by atoms with Crippen molar-refractivity contribution in [1.82, 2.24) is 15.2 Å². The van der Waals surface area contributed by atoms with Crippen molar-refractivity contribution >= 4 is 53.0 Å². The highest BCUT2D eigenvalue weighted by Gasteiger charge is 2.21. The first-order valence-electron chi connectivity index (χ1n) is 8.37. The maximum Gasteiger partial charge on any atom is 0.194 e. The van der Waals surface area contributed by atoms with Crippen molar-refractivity contribution in [3.63, 3.8) is 0 Å². The standard InChI is InChI=1S/C18H24N4S2.HI/c1-3-15-12-22(9-10-23-15)18(19-2)20-11-17-21-16(13-24-17)14-7-5-4-6-8-14;/h4-8,13,15H,3,9-12H2,1-2H3,(H,19,20);1H. The van der Waals surface area contributed by atoms with E-state index in [1.54, 1.807) is 11.3 Å². The van der Waals surface area contributed by atoms with Crippen molar-refractivity contribution in [3.8, 4) is 11.3 Å². The van der Waals surface area contributed by atoms with Gasteiger partial charge in [-0.3, -0.25) is 4.99 Å². The molecule has 1 atom stereocenters. The monoisotopic (exact) mass is 488 g/mol. The lowest BCUT2D eigenvalue weighted by molar-refractivity contribution is 0.408. The number of thiazole rings is 1. The van der Waals surface area contributed by atoms with Crippen LogP contribution in [0.5, 0.6) is 0 Å². The fourth-order valence-corrected chi connectivity index (χ4v) is 4.70. The van der Waals surface area contributed by atoms with E-state index in [9.17, 15) is 0 Å². The number of hydrogen-bond donors (Lipinski definition) is 1. The molecule has 2 aromatic rings. The van der Waals surface area contributed by atoms with Crippen LogP contribution in [-0.2, 0) is 6.54 Å². The second kappa shape index (κ2) is 10.4. The maximum absolute atomic E-state index is 4.74. The van der Waals surface area contributed by atoms with Crippen molar-refractivity contribution in [1.29, 1.82) is 0 Å². The zero-order valence-electron chi connectivity index (χ0n) is 14.6. The summed E-state index contributed by atoms with van der Waals surface area (Å²) in [5.74, 6) is 2.17. The van der Waals surface area contributed by atoms with Crippen molar-refractivity contribution in [2.75, 3.05) is 25.9 Å². The van der Waals surface area contributed by atoms with Crippen LogP contribution in [0.15, 0.2) is 40.7 Å². The van der Waals surface area contributed by atoms with E-state index in [0.717, 1.165) is 36.3 Å². The molecule has 1 aromatic heterocycles. The Kier molecular flexibility index (Phi) is 8.51. The number of hydrogen-bond acceptors (Lipinski definition) is 4. The molecular weight excluding hydrogens is 463 g/mol. The molecule has 0 amide bonds. The summed E-state index contributed by atoms with van der Waals surface area (Å²) in [5, 5.41) is 7.41. The van der Waals surface area contributed by atoms with Crippen molar-refractivity contribution in [2.24, 2.45) is 4.99 Å². The third-order valence-electron chi connectivity index (χ3n) is 4.12. The van der Waals surface area contributed by atoms with Crippen LogP contribution < -0.4 is 5.32 Å². The number of rotatable bonds is 4. The third kappa shape index (κ3) is 5.59. The number of nitrogens with zero attached hydrogens (tertiary/aromatic N) is 3. The molecule has 25 heavy (non-hydrogen) atoms. The van der Waals surface area contributed by atoms with Crippen LogP contribution in [-0.4, -0.2) is 47.0 Å². The number of nitrogens with one attached hydrogen (secondary N) is 1. The van der Waals surface area contributed by atoms with Gasteiger partial charge in [0.15, 0.2) is 5.96 Å². The van der Waals surface area contributed by atoms with Gasteiger partial charge in [0.25, 0.3) is 0 Å². The second-order valence-corrected chi connectivity index (χ2v) is 8.09. The molecule has 0 spiro atoms. The smallest absolute Gasteiger partial charge is 0.194 e. The first-order chi connectivity index (χ1) is 11.8. The SMILES string of the molecule is CCC1CN(C(=NC)NCc2nc(-c3ccccc3)cs2)CCS1.I. The minimum Gasteiger partial charge on any atom is -0.350 e. The van der Waals surface area contributed by atoms with E-state index in [2.05, 4.69) is 51.4 Å². The van der Waals surface area contributed by atoms with Crippen LogP contribution in [0.1, 0.15) is 18.4 Å². The largest absolute Gasteiger partial charge is 0.350 e. The molecule has 1 aliphatic rings. The van der Waals surface area contributed by atoms with Crippen LogP contribution in [0.25, 0.3) is 11.3 Å². The van der Waals surface area contributed by atoms with Crippen molar-refractivity contribution in [3.05, 3.63) is 40.7 Å². The molecule has 0 radical (unpaired) electrons. The number of aliphatic imine (C=N–C) groups is 1. The summed E-state index contributed by atoms with van der Waals surface area (Å²) in [7, 11) is 1.86. The van der Waals surface area contributed by atoms with E-state index < -0.39 is 0 Å². The molecule has 3 rings (SSSR count). The number of guanidine groups is 1. The van der Waals surface area contributed by atoms with Gasteiger partial charge in [-0.05, 0) is 6.42 Å². The van der Waals surface area contributed by atoms with Crippen LogP contribution in [0, 0.1) is 0 Å². The second-order valence-electron chi connectivity index (χ2n) is 5.74. The number of aromatic nitrogens is 1. The van der Waals surface area contributed by atoms with Gasteiger partial charge >= 0.3 is 0 Å². The Balaban J connectivity index is 0.00000225. The summed E-state index contributed by atoms with van der Waals surface area (Å²) in [6.45, 7) is 5.13. The van der Waals surface area contributed by atoms with E-state index in [-0.39, 0.29) is 24.0 Å². The lowest BCUT2D eigenvalue weighted by atomic mass is 10.2. The normalized spacial score (nSPS) is 17.9. The third-order valence-corrected chi connectivity index (χ3v) is 6.35. The summed E-state index contributed by atoms with van der Waals surface area (Å²) in [4.78, 5) is 11.6. The minimum atomic E-state index is 0. The first kappa shape index (κ1) is 20.5. The Hall–Kier alpha value is -0.800. The Morgan fingerprint density at radius 3 is 2.88 bits per heavy atom. The number of halogens is 1. The molecule has 1 aliphatic heterocycles. The van der Waals surface area contributed by atoms with Crippen molar-refractivity contribution < 1.29 is 0 Å². The van der Waals surface area contributed by atoms with Crippen LogP contribution >= 0.6 is 47.1 Å². The molecule has 1 unspecified atom stereocenters.